The number of hydrogen-bond donors (Lipinski definition) is 0. The van der Waals surface area contributed by atoms with Gasteiger partial charge in [-0.3, -0.25) is 0 Å². The third-order valence-electron chi connectivity index (χ3n) is 1.17. The number of aromatic nitrogens is 2. The zero-order chi connectivity index (χ0) is 9.19. The minimum atomic E-state index is -4.36. The predicted octanol–water partition coefficient (Wildman–Crippen LogP) is 2.22. The third-order valence-corrected chi connectivity index (χ3v) is 1.89. The second-order valence-corrected chi connectivity index (χ2v) is 2.74. The lowest BCUT2D eigenvalue weighted by atomic mass is 10.3. The lowest BCUT2D eigenvalue weighted by molar-refractivity contribution is -0.140. The Morgan fingerprint density at radius 2 is 2.08 bits per heavy atom. The van der Waals surface area contributed by atoms with Gasteiger partial charge in [0.25, 0.3) is 0 Å². The zero-order valence-electron chi connectivity index (χ0n) is 6.09. The van der Waals surface area contributed by atoms with Crippen molar-refractivity contribution >= 4 is 11.8 Å². The molecule has 0 fully saturated rings. The van der Waals surface area contributed by atoms with Gasteiger partial charge in [0, 0.05) is 6.20 Å². The molecule has 0 amide bonds. The van der Waals surface area contributed by atoms with Gasteiger partial charge >= 0.3 is 6.18 Å². The summed E-state index contributed by atoms with van der Waals surface area (Å²) >= 11 is 0.951. The van der Waals surface area contributed by atoms with Crippen molar-refractivity contribution in [3.8, 4) is 0 Å². The minimum absolute atomic E-state index is 0.0440. The first-order valence-corrected chi connectivity index (χ1v) is 4.19. The highest BCUT2D eigenvalue weighted by Gasteiger charge is 2.34. The van der Waals surface area contributed by atoms with Crippen LogP contribution in [-0.2, 0) is 6.18 Å². The Morgan fingerprint density at radius 3 is 2.50 bits per heavy atom. The van der Waals surface area contributed by atoms with Gasteiger partial charge in [0.1, 0.15) is 16.9 Å². The Hall–Kier alpha value is -0.780. The van der Waals surface area contributed by atoms with Crippen LogP contribution in [0, 0.1) is 0 Å². The fourth-order valence-corrected chi connectivity index (χ4v) is 1.22. The van der Waals surface area contributed by atoms with E-state index in [4.69, 9.17) is 0 Å². The molecule has 1 aromatic rings. The third kappa shape index (κ3) is 1.88. The van der Waals surface area contributed by atoms with Crippen LogP contribution >= 0.6 is 11.8 Å². The van der Waals surface area contributed by atoms with Crippen LogP contribution in [0.2, 0.25) is 0 Å². The standard InChI is InChI=1S/C6H5F3N2S/c1-12-5-4(6(7,8)9)2-10-3-11-5/h2-3H,1H3. The molecule has 66 valence electrons. The Balaban J connectivity index is 3.14. The molecular weight excluding hydrogens is 189 g/mol. The first-order valence-electron chi connectivity index (χ1n) is 2.97. The molecule has 0 saturated heterocycles. The summed E-state index contributed by atoms with van der Waals surface area (Å²) in [6.45, 7) is 0. The molecule has 0 aromatic carbocycles. The average molecular weight is 194 g/mol. The molecule has 0 aliphatic rings. The van der Waals surface area contributed by atoms with Gasteiger partial charge in [-0.1, -0.05) is 0 Å². The van der Waals surface area contributed by atoms with Crippen molar-refractivity contribution in [2.75, 3.05) is 6.26 Å². The van der Waals surface area contributed by atoms with Crippen LogP contribution < -0.4 is 0 Å². The summed E-state index contributed by atoms with van der Waals surface area (Å²) < 4.78 is 36.4. The largest absolute Gasteiger partial charge is 0.420 e. The summed E-state index contributed by atoms with van der Waals surface area (Å²) in [6.07, 6.45) is -0.947. The van der Waals surface area contributed by atoms with E-state index in [2.05, 4.69) is 9.97 Å². The monoisotopic (exact) mass is 194 g/mol. The predicted molar refractivity (Wildman–Crippen MR) is 38.8 cm³/mol. The maximum absolute atomic E-state index is 12.1. The van der Waals surface area contributed by atoms with Crippen LogP contribution in [0.4, 0.5) is 13.2 Å². The van der Waals surface area contributed by atoms with Gasteiger partial charge < -0.3 is 0 Å². The van der Waals surface area contributed by atoms with Crippen molar-refractivity contribution < 1.29 is 13.2 Å². The van der Waals surface area contributed by atoms with Crippen LogP contribution in [0.25, 0.3) is 0 Å². The molecule has 0 N–H and O–H groups in total. The molecule has 0 bridgehead atoms. The van der Waals surface area contributed by atoms with E-state index in [-0.39, 0.29) is 5.03 Å². The number of halogens is 3. The van der Waals surface area contributed by atoms with Gasteiger partial charge in [-0.05, 0) is 6.26 Å². The fraction of sp³-hybridized carbons (Fsp3) is 0.333. The van der Waals surface area contributed by atoms with Crippen molar-refractivity contribution in [1.82, 2.24) is 9.97 Å². The van der Waals surface area contributed by atoms with Crippen molar-refractivity contribution in [2.45, 2.75) is 11.2 Å². The average Bonchev–Trinajstić information content (AvgIpc) is 2.03. The maximum Gasteiger partial charge on any atom is 0.420 e. The van der Waals surface area contributed by atoms with Crippen molar-refractivity contribution in [2.24, 2.45) is 0 Å². The van der Waals surface area contributed by atoms with Gasteiger partial charge in [0.15, 0.2) is 0 Å². The molecule has 1 aromatic heterocycles. The summed E-state index contributed by atoms with van der Waals surface area (Å²) in [7, 11) is 0. The molecule has 0 spiro atoms. The molecule has 0 radical (unpaired) electrons. The Labute approximate surface area is 71.2 Å². The van der Waals surface area contributed by atoms with E-state index in [0.29, 0.717) is 0 Å². The quantitative estimate of drug-likeness (QED) is 0.506. The van der Waals surface area contributed by atoms with E-state index in [0.717, 1.165) is 24.3 Å². The molecule has 12 heavy (non-hydrogen) atoms. The second kappa shape index (κ2) is 3.30. The minimum Gasteiger partial charge on any atom is -0.244 e. The molecule has 0 unspecified atom stereocenters. The van der Waals surface area contributed by atoms with Gasteiger partial charge in [-0.15, -0.1) is 11.8 Å². The zero-order valence-corrected chi connectivity index (χ0v) is 6.91. The van der Waals surface area contributed by atoms with Gasteiger partial charge in [-0.25, -0.2) is 9.97 Å². The van der Waals surface area contributed by atoms with Crippen LogP contribution in [-0.4, -0.2) is 16.2 Å². The smallest absolute Gasteiger partial charge is 0.244 e. The number of alkyl halides is 3. The Kier molecular flexibility index (Phi) is 2.56. The summed E-state index contributed by atoms with van der Waals surface area (Å²) in [5.41, 5.74) is -0.780. The Bertz CT molecular complexity index is 274. The van der Waals surface area contributed by atoms with Crippen molar-refractivity contribution in [3.63, 3.8) is 0 Å². The molecule has 1 heterocycles. The molecule has 2 nitrogen and oxygen atoms in total. The molecule has 0 saturated carbocycles. The molecule has 6 heteroatoms. The summed E-state index contributed by atoms with van der Waals surface area (Å²) in [5.74, 6) is 0. The lowest BCUT2D eigenvalue weighted by Crippen LogP contribution is -2.08. The van der Waals surface area contributed by atoms with Crippen LogP contribution in [0.5, 0.6) is 0 Å². The van der Waals surface area contributed by atoms with E-state index in [9.17, 15) is 13.2 Å². The van der Waals surface area contributed by atoms with Crippen molar-refractivity contribution in [1.29, 1.82) is 0 Å². The first kappa shape index (κ1) is 9.31. The highest BCUT2D eigenvalue weighted by atomic mass is 32.2. The maximum atomic E-state index is 12.1. The normalized spacial score (nSPS) is 11.7. The summed E-state index contributed by atoms with van der Waals surface area (Å²) in [5, 5.41) is -0.0440. The topological polar surface area (TPSA) is 25.8 Å². The van der Waals surface area contributed by atoms with E-state index in [1.165, 1.54) is 6.26 Å². The first-order chi connectivity index (χ1) is 5.55. The van der Waals surface area contributed by atoms with Gasteiger partial charge in [0.2, 0.25) is 0 Å². The molecule has 0 atom stereocenters. The van der Waals surface area contributed by atoms with Gasteiger partial charge in [-0.2, -0.15) is 13.2 Å². The number of rotatable bonds is 1. The number of hydrogen-bond acceptors (Lipinski definition) is 3. The van der Waals surface area contributed by atoms with Crippen molar-refractivity contribution in [3.05, 3.63) is 18.1 Å². The van der Waals surface area contributed by atoms with E-state index >= 15 is 0 Å². The molecule has 0 aliphatic carbocycles. The summed E-state index contributed by atoms with van der Waals surface area (Å²) in [6, 6.07) is 0. The second-order valence-electron chi connectivity index (χ2n) is 1.94. The molecule has 1 rings (SSSR count). The van der Waals surface area contributed by atoms with Crippen LogP contribution in [0.3, 0.4) is 0 Å². The Morgan fingerprint density at radius 1 is 1.42 bits per heavy atom. The molecular formula is C6H5F3N2S. The fourth-order valence-electron chi connectivity index (χ4n) is 0.676. The van der Waals surface area contributed by atoms with Crippen LogP contribution in [0.1, 0.15) is 5.56 Å². The summed E-state index contributed by atoms with van der Waals surface area (Å²) in [4.78, 5) is 6.81. The highest BCUT2D eigenvalue weighted by Crippen LogP contribution is 2.33. The number of nitrogens with zero attached hydrogens (tertiary/aromatic N) is 2. The van der Waals surface area contributed by atoms with E-state index in [1.807, 2.05) is 0 Å². The lowest BCUT2D eigenvalue weighted by Gasteiger charge is -2.07. The van der Waals surface area contributed by atoms with Crippen LogP contribution in [0.15, 0.2) is 17.6 Å². The highest BCUT2D eigenvalue weighted by molar-refractivity contribution is 7.98. The number of thioether (sulfide) groups is 1. The van der Waals surface area contributed by atoms with E-state index < -0.39 is 11.7 Å². The molecule has 0 aliphatic heterocycles. The van der Waals surface area contributed by atoms with Gasteiger partial charge in [0.05, 0.1) is 0 Å². The SMILES string of the molecule is CSc1ncncc1C(F)(F)F. The van der Waals surface area contributed by atoms with E-state index in [1.54, 1.807) is 0 Å².